The molecule has 0 radical (unpaired) electrons. The zero-order valence-corrected chi connectivity index (χ0v) is 16.2. The van der Waals surface area contributed by atoms with E-state index in [9.17, 15) is 4.79 Å². The lowest BCUT2D eigenvalue weighted by molar-refractivity contribution is -0.113. The normalized spacial score (nSPS) is 10.8. The predicted molar refractivity (Wildman–Crippen MR) is 106 cm³/mol. The summed E-state index contributed by atoms with van der Waals surface area (Å²) in [5, 5.41) is 11.8. The van der Waals surface area contributed by atoms with E-state index in [0.717, 1.165) is 28.1 Å². The molecular weight excluding hydrogens is 344 g/mol. The van der Waals surface area contributed by atoms with Crippen molar-refractivity contribution < 1.29 is 4.79 Å². The zero-order valence-electron chi connectivity index (χ0n) is 15.4. The van der Waals surface area contributed by atoms with Crippen LogP contribution in [0.3, 0.4) is 0 Å². The van der Waals surface area contributed by atoms with Gasteiger partial charge >= 0.3 is 0 Å². The van der Waals surface area contributed by atoms with E-state index < -0.39 is 0 Å². The van der Waals surface area contributed by atoms with Crippen LogP contribution in [0.2, 0.25) is 0 Å². The van der Waals surface area contributed by atoms with Crippen LogP contribution in [0, 0.1) is 27.7 Å². The minimum absolute atomic E-state index is 0.0566. The average Bonchev–Trinajstić information content (AvgIpc) is 3.04. The van der Waals surface area contributed by atoms with Crippen LogP contribution in [-0.4, -0.2) is 26.4 Å². The highest BCUT2D eigenvalue weighted by atomic mass is 32.2. The summed E-state index contributed by atoms with van der Waals surface area (Å²) in [6.07, 6.45) is 1.68. The number of rotatable bonds is 5. The molecule has 2 aromatic carbocycles. The minimum atomic E-state index is -0.0566. The van der Waals surface area contributed by atoms with Crippen molar-refractivity contribution in [3.63, 3.8) is 0 Å². The van der Waals surface area contributed by atoms with Crippen molar-refractivity contribution in [2.45, 2.75) is 32.9 Å². The van der Waals surface area contributed by atoms with Crippen LogP contribution in [0.4, 0.5) is 5.69 Å². The Morgan fingerprint density at radius 2 is 1.77 bits per heavy atom. The number of nitrogens with one attached hydrogen (secondary N) is 1. The van der Waals surface area contributed by atoms with Crippen LogP contribution in [0.5, 0.6) is 0 Å². The second-order valence-electron chi connectivity index (χ2n) is 6.43. The first-order valence-corrected chi connectivity index (χ1v) is 9.40. The largest absolute Gasteiger partial charge is 0.325 e. The Kier molecular flexibility index (Phi) is 5.42. The summed E-state index contributed by atoms with van der Waals surface area (Å²) < 4.78 is 1.92. The fraction of sp³-hybridized carbons (Fsp3) is 0.250. The van der Waals surface area contributed by atoms with Gasteiger partial charge in [-0.3, -0.25) is 9.36 Å². The van der Waals surface area contributed by atoms with Crippen LogP contribution in [0.25, 0.3) is 5.69 Å². The van der Waals surface area contributed by atoms with Crippen LogP contribution in [-0.2, 0) is 4.79 Å². The highest BCUT2D eigenvalue weighted by Gasteiger charge is 2.12. The van der Waals surface area contributed by atoms with Gasteiger partial charge in [0.1, 0.15) is 6.33 Å². The molecule has 1 aromatic heterocycles. The van der Waals surface area contributed by atoms with Gasteiger partial charge in [0.25, 0.3) is 0 Å². The summed E-state index contributed by atoms with van der Waals surface area (Å²) in [6.45, 7) is 8.12. The molecule has 0 aliphatic rings. The third kappa shape index (κ3) is 4.14. The average molecular weight is 366 g/mol. The van der Waals surface area contributed by atoms with Crippen molar-refractivity contribution in [2.75, 3.05) is 11.1 Å². The number of amides is 1. The molecule has 0 atom stereocenters. The Morgan fingerprint density at radius 3 is 2.54 bits per heavy atom. The topological polar surface area (TPSA) is 59.8 Å². The summed E-state index contributed by atoms with van der Waals surface area (Å²) in [4.78, 5) is 12.3. The molecule has 0 spiro atoms. The van der Waals surface area contributed by atoms with E-state index in [-0.39, 0.29) is 11.7 Å². The first kappa shape index (κ1) is 18.2. The second kappa shape index (κ2) is 7.74. The van der Waals surface area contributed by atoms with Gasteiger partial charge in [0.05, 0.1) is 11.4 Å². The quantitative estimate of drug-likeness (QED) is 0.687. The summed E-state index contributed by atoms with van der Waals surface area (Å²) in [5.41, 5.74) is 6.40. The monoisotopic (exact) mass is 366 g/mol. The molecule has 0 saturated carbocycles. The fourth-order valence-electron chi connectivity index (χ4n) is 2.75. The van der Waals surface area contributed by atoms with Gasteiger partial charge in [-0.05, 0) is 56.5 Å². The number of aryl methyl sites for hydroxylation is 4. The molecule has 6 heteroatoms. The maximum Gasteiger partial charge on any atom is 0.234 e. The molecule has 0 bridgehead atoms. The number of aromatic nitrogens is 3. The fourth-order valence-corrected chi connectivity index (χ4v) is 3.47. The van der Waals surface area contributed by atoms with Crippen molar-refractivity contribution in [3.8, 4) is 5.69 Å². The van der Waals surface area contributed by atoms with Gasteiger partial charge in [-0.1, -0.05) is 41.6 Å². The smallest absolute Gasteiger partial charge is 0.234 e. The summed E-state index contributed by atoms with van der Waals surface area (Å²) in [6, 6.07) is 12.3. The van der Waals surface area contributed by atoms with Gasteiger partial charge in [0, 0.05) is 5.69 Å². The second-order valence-corrected chi connectivity index (χ2v) is 7.37. The van der Waals surface area contributed by atoms with E-state index in [0.29, 0.717) is 5.16 Å². The molecule has 0 saturated heterocycles. The minimum Gasteiger partial charge on any atom is -0.325 e. The lowest BCUT2D eigenvalue weighted by atomic mass is 10.1. The first-order valence-electron chi connectivity index (χ1n) is 8.41. The number of hydrogen-bond acceptors (Lipinski definition) is 4. The van der Waals surface area contributed by atoms with E-state index in [2.05, 4.69) is 41.5 Å². The summed E-state index contributed by atoms with van der Waals surface area (Å²) >= 11 is 1.38. The highest BCUT2D eigenvalue weighted by Crippen LogP contribution is 2.23. The van der Waals surface area contributed by atoms with E-state index in [1.54, 1.807) is 6.33 Å². The van der Waals surface area contributed by atoms with Crippen molar-refractivity contribution in [3.05, 3.63) is 65.0 Å². The van der Waals surface area contributed by atoms with E-state index >= 15 is 0 Å². The molecule has 134 valence electrons. The van der Waals surface area contributed by atoms with E-state index in [4.69, 9.17) is 0 Å². The Bertz CT molecular complexity index is 949. The van der Waals surface area contributed by atoms with Gasteiger partial charge in [0.2, 0.25) is 5.91 Å². The third-order valence-electron chi connectivity index (χ3n) is 4.13. The number of nitrogens with zero attached hydrogens (tertiary/aromatic N) is 3. The number of thioether (sulfide) groups is 1. The SMILES string of the molecule is Cc1ccc(-n2cnnc2SCC(=O)Nc2cc(C)ccc2C)c(C)c1. The highest BCUT2D eigenvalue weighted by molar-refractivity contribution is 7.99. The molecule has 0 aliphatic carbocycles. The molecule has 5 nitrogen and oxygen atoms in total. The number of anilines is 1. The Balaban J connectivity index is 1.70. The van der Waals surface area contributed by atoms with Gasteiger partial charge in [-0.15, -0.1) is 10.2 Å². The van der Waals surface area contributed by atoms with Crippen LogP contribution < -0.4 is 5.32 Å². The molecule has 0 aliphatic heterocycles. The Morgan fingerprint density at radius 1 is 1.04 bits per heavy atom. The molecule has 0 fully saturated rings. The number of benzene rings is 2. The van der Waals surface area contributed by atoms with Crippen LogP contribution in [0.15, 0.2) is 47.9 Å². The van der Waals surface area contributed by atoms with Gasteiger partial charge < -0.3 is 5.32 Å². The van der Waals surface area contributed by atoms with Crippen molar-refractivity contribution in [1.82, 2.24) is 14.8 Å². The van der Waals surface area contributed by atoms with Crippen LogP contribution in [0.1, 0.15) is 22.3 Å². The van der Waals surface area contributed by atoms with Gasteiger partial charge in [0.15, 0.2) is 5.16 Å². The zero-order chi connectivity index (χ0) is 18.7. The predicted octanol–water partition coefficient (Wildman–Crippen LogP) is 4.23. The van der Waals surface area contributed by atoms with Gasteiger partial charge in [-0.2, -0.15) is 0 Å². The van der Waals surface area contributed by atoms with Crippen molar-refractivity contribution >= 4 is 23.4 Å². The number of carbonyl (C=O) groups is 1. The maximum absolute atomic E-state index is 12.3. The molecule has 26 heavy (non-hydrogen) atoms. The molecule has 1 N–H and O–H groups in total. The Hall–Kier alpha value is -2.60. The lowest BCUT2D eigenvalue weighted by Crippen LogP contribution is -2.15. The van der Waals surface area contributed by atoms with Crippen molar-refractivity contribution in [2.24, 2.45) is 0 Å². The molecule has 1 heterocycles. The van der Waals surface area contributed by atoms with Gasteiger partial charge in [-0.25, -0.2) is 0 Å². The third-order valence-corrected chi connectivity index (χ3v) is 5.07. The van der Waals surface area contributed by atoms with Crippen molar-refractivity contribution in [1.29, 1.82) is 0 Å². The standard InChI is InChI=1S/C20H22N4OS/c1-13-6-8-18(16(4)9-13)24-12-21-23-20(24)26-11-19(25)22-17-10-14(2)5-7-15(17)3/h5-10,12H,11H2,1-4H3,(H,22,25). The van der Waals surface area contributed by atoms with E-state index in [1.165, 1.54) is 17.3 Å². The first-order chi connectivity index (χ1) is 12.4. The summed E-state index contributed by atoms with van der Waals surface area (Å²) in [5.74, 6) is 0.218. The molecule has 1 amide bonds. The van der Waals surface area contributed by atoms with E-state index in [1.807, 2.05) is 42.7 Å². The molecular formula is C20H22N4OS. The molecule has 0 unspecified atom stereocenters. The lowest BCUT2D eigenvalue weighted by Gasteiger charge is -2.11. The number of carbonyl (C=O) groups excluding carboxylic acids is 1. The molecule has 3 aromatic rings. The maximum atomic E-state index is 12.3. The molecule has 3 rings (SSSR count). The van der Waals surface area contributed by atoms with Crippen LogP contribution >= 0.6 is 11.8 Å². The number of hydrogen-bond donors (Lipinski definition) is 1. The summed E-state index contributed by atoms with van der Waals surface area (Å²) in [7, 11) is 0. The Labute approximate surface area is 157 Å².